The summed E-state index contributed by atoms with van der Waals surface area (Å²) >= 11 is 0. The molecule has 0 amide bonds. The molecular weight excluding hydrogens is 420 g/mol. The van der Waals surface area contributed by atoms with Crippen LogP contribution in [0.15, 0.2) is 34.9 Å². The second-order valence-corrected chi connectivity index (χ2v) is 13.5. The van der Waals surface area contributed by atoms with Crippen molar-refractivity contribution in [3.63, 3.8) is 0 Å². The molecule has 190 valence electrons. The van der Waals surface area contributed by atoms with Gasteiger partial charge >= 0.3 is 5.97 Å². The predicted octanol–water partition coefficient (Wildman–Crippen LogP) is 7.71. The zero-order chi connectivity index (χ0) is 25.1. The average Bonchev–Trinajstić information content (AvgIpc) is 3.03. The Morgan fingerprint density at radius 2 is 1.82 bits per heavy atom. The van der Waals surface area contributed by atoms with Crippen molar-refractivity contribution < 1.29 is 15.0 Å². The molecule has 4 rings (SSSR count). The fraction of sp³-hybridized carbons (Fsp3) is 0.774. The molecule has 4 aliphatic carbocycles. The highest BCUT2D eigenvalue weighted by molar-refractivity contribution is 5.70. The lowest BCUT2D eigenvalue weighted by Gasteiger charge is -2.62. The van der Waals surface area contributed by atoms with Gasteiger partial charge in [0.1, 0.15) is 0 Å². The number of carbonyl (C=O) groups is 1. The van der Waals surface area contributed by atoms with Crippen LogP contribution in [0, 0.1) is 39.4 Å². The van der Waals surface area contributed by atoms with Gasteiger partial charge in [-0.3, -0.25) is 4.79 Å². The second kappa shape index (κ2) is 8.64. The van der Waals surface area contributed by atoms with Crippen molar-refractivity contribution in [1.29, 1.82) is 0 Å². The molecule has 4 aliphatic rings. The maximum Gasteiger partial charge on any atom is 0.304 e. The molecule has 0 aliphatic heterocycles. The number of hydrogen-bond donors (Lipinski definition) is 2. The van der Waals surface area contributed by atoms with Crippen LogP contribution in [0.5, 0.6) is 0 Å². The van der Waals surface area contributed by atoms with Gasteiger partial charge in [-0.25, -0.2) is 0 Å². The molecule has 0 spiro atoms. The van der Waals surface area contributed by atoms with Gasteiger partial charge in [0.25, 0.3) is 0 Å². The summed E-state index contributed by atoms with van der Waals surface area (Å²) in [5, 5.41) is 21.0. The Labute approximate surface area is 207 Å². The minimum atomic E-state index is -0.672. The van der Waals surface area contributed by atoms with Gasteiger partial charge in [-0.15, -0.1) is 0 Å². The first-order valence-electron chi connectivity index (χ1n) is 13.7. The molecule has 0 unspecified atom stereocenters. The Bertz CT molecular complexity index is 919. The van der Waals surface area contributed by atoms with Crippen LogP contribution < -0.4 is 0 Å². The monoisotopic (exact) mass is 468 g/mol. The lowest BCUT2D eigenvalue weighted by atomic mass is 9.42. The smallest absolute Gasteiger partial charge is 0.304 e. The molecule has 0 saturated heterocycles. The van der Waals surface area contributed by atoms with E-state index in [-0.39, 0.29) is 34.2 Å². The van der Waals surface area contributed by atoms with Gasteiger partial charge in [0.2, 0.25) is 0 Å². The highest BCUT2D eigenvalue weighted by atomic mass is 16.4. The van der Waals surface area contributed by atoms with E-state index in [1.807, 2.05) is 0 Å². The molecule has 2 N–H and O–H groups in total. The maximum atomic E-state index is 12.4. The number of aliphatic carboxylic acids is 1. The number of allylic oxidation sites excluding steroid dienone is 6. The summed E-state index contributed by atoms with van der Waals surface area (Å²) in [6.07, 6.45) is 15.4. The normalized spacial score (nSPS) is 41.4. The van der Waals surface area contributed by atoms with Crippen LogP contribution in [0.25, 0.3) is 0 Å². The zero-order valence-electron chi connectivity index (χ0n) is 22.7. The van der Waals surface area contributed by atoms with E-state index < -0.39 is 5.97 Å². The van der Waals surface area contributed by atoms with Gasteiger partial charge < -0.3 is 10.2 Å². The first-order valence-corrected chi connectivity index (χ1v) is 13.7. The van der Waals surface area contributed by atoms with Crippen LogP contribution in [0.2, 0.25) is 0 Å². The number of hydrogen-bond acceptors (Lipinski definition) is 2. The lowest BCUT2D eigenvalue weighted by Crippen LogP contribution is -2.55. The number of rotatable bonds is 6. The van der Waals surface area contributed by atoms with Crippen LogP contribution >= 0.6 is 0 Å². The van der Waals surface area contributed by atoms with Crippen LogP contribution in [0.4, 0.5) is 0 Å². The van der Waals surface area contributed by atoms with Crippen molar-refractivity contribution in [3.05, 3.63) is 34.9 Å². The van der Waals surface area contributed by atoms with E-state index in [1.54, 1.807) is 5.57 Å². The molecule has 0 aromatic rings. The van der Waals surface area contributed by atoms with Crippen LogP contribution in [-0.4, -0.2) is 22.3 Å². The van der Waals surface area contributed by atoms with E-state index in [2.05, 4.69) is 66.7 Å². The van der Waals surface area contributed by atoms with Crippen molar-refractivity contribution in [3.8, 4) is 0 Å². The molecule has 7 atom stereocenters. The zero-order valence-corrected chi connectivity index (χ0v) is 22.7. The summed E-state index contributed by atoms with van der Waals surface area (Å²) in [7, 11) is 0. The third-order valence-corrected chi connectivity index (χ3v) is 11.2. The Balaban J connectivity index is 1.75. The number of aliphatic hydroxyl groups excluding tert-OH is 1. The van der Waals surface area contributed by atoms with E-state index >= 15 is 0 Å². The number of fused-ring (bicyclic) bond motifs is 4. The molecule has 3 heteroatoms. The number of carboxylic acids is 1. The SMILES string of the molecule is CC(C)=CCC[C@@H](C)[C@H]1C=C[C@@]2(CC(=O)O)C3=C(CC[C@]12C)[C@@]1(C)CC[C@H](O)C(C)(C)[C@@H]1CC3. The highest BCUT2D eigenvalue weighted by Crippen LogP contribution is 2.71. The lowest BCUT2D eigenvalue weighted by molar-refractivity contribution is -0.141. The Morgan fingerprint density at radius 1 is 1.12 bits per heavy atom. The van der Waals surface area contributed by atoms with Crippen molar-refractivity contribution in [2.45, 2.75) is 112 Å². The molecule has 1 saturated carbocycles. The van der Waals surface area contributed by atoms with E-state index in [0.717, 1.165) is 51.4 Å². The summed E-state index contributed by atoms with van der Waals surface area (Å²) < 4.78 is 0. The van der Waals surface area contributed by atoms with Crippen molar-refractivity contribution in [1.82, 2.24) is 0 Å². The Morgan fingerprint density at radius 3 is 2.47 bits per heavy atom. The van der Waals surface area contributed by atoms with E-state index in [1.165, 1.54) is 11.1 Å². The highest BCUT2D eigenvalue weighted by Gasteiger charge is 2.63. The number of aliphatic hydroxyl groups is 1. The van der Waals surface area contributed by atoms with Crippen molar-refractivity contribution in [2.75, 3.05) is 0 Å². The standard InChI is InChI=1S/C31H48O3/c1-20(2)9-8-10-21(3)22-14-18-31(19-27(33)34)24-11-12-25-28(4,5)26(32)15-16-29(25,6)23(24)13-17-30(22,31)7/h9,14,18,21-22,25-26,32H,8,10-13,15-17,19H2,1-7H3,(H,33,34)/t21-,22-,25+,26+,29-,30-,31-/m1/s1. The molecule has 0 aromatic heterocycles. The minimum absolute atomic E-state index is 0.0402. The fourth-order valence-corrected chi connectivity index (χ4v) is 9.23. The minimum Gasteiger partial charge on any atom is -0.481 e. The van der Waals surface area contributed by atoms with Gasteiger partial charge in [-0.2, -0.15) is 0 Å². The van der Waals surface area contributed by atoms with E-state index in [4.69, 9.17) is 0 Å². The first-order chi connectivity index (χ1) is 15.8. The molecule has 1 fully saturated rings. The summed E-state index contributed by atoms with van der Waals surface area (Å²) in [6.45, 7) is 16.1. The third kappa shape index (κ3) is 3.67. The van der Waals surface area contributed by atoms with Gasteiger partial charge in [-0.1, -0.05) is 69.6 Å². The van der Waals surface area contributed by atoms with Crippen molar-refractivity contribution in [2.24, 2.45) is 39.4 Å². The summed E-state index contributed by atoms with van der Waals surface area (Å²) in [5.41, 5.74) is 3.97. The maximum absolute atomic E-state index is 12.4. The van der Waals surface area contributed by atoms with Gasteiger partial charge in [0.05, 0.1) is 12.5 Å². The summed E-state index contributed by atoms with van der Waals surface area (Å²) in [6, 6.07) is 0. The fourth-order valence-electron chi connectivity index (χ4n) is 9.23. The van der Waals surface area contributed by atoms with E-state index in [0.29, 0.717) is 17.8 Å². The van der Waals surface area contributed by atoms with Crippen LogP contribution in [0.1, 0.15) is 106 Å². The molecule has 3 nitrogen and oxygen atoms in total. The number of carboxylic acid groups (broad SMARTS) is 1. The quantitative estimate of drug-likeness (QED) is 0.392. The summed E-state index contributed by atoms with van der Waals surface area (Å²) in [4.78, 5) is 12.4. The van der Waals surface area contributed by atoms with Gasteiger partial charge in [0, 0.05) is 5.41 Å². The molecular formula is C31H48O3. The van der Waals surface area contributed by atoms with Crippen LogP contribution in [-0.2, 0) is 4.79 Å². The largest absolute Gasteiger partial charge is 0.481 e. The predicted molar refractivity (Wildman–Crippen MR) is 139 cm³/mol. The molecule has 0 radical (unpaired) electrons. The van der Waals surface area contributed by atoms with Crippen LogP contribution in [0.3, 0.4) is 0 Å². The van der Waals surface area contributed by atoms with E-state index in [9.17, 15) is 15.0 Å². The first kappa shape index (κ1) is 25.7. The topological polar surface area (TPSA) is 57.5 Å². The van der Waals surface area contributed by atoms with Gasteiger partial charge in [0.15, 0.2) is 0 Å². The van der Waals surface area contributed by atoms with Crippen molar-refractivity contribution >= 4 is 5.97 Å². The third-order valence-electron chi connectivity index (χ3n) is 11.2. The molecule has 0 heterocycles. The summed E-state index contributed by atoms with van der Waals surface area (Å²) in [5.74, 6) is 0.735. The second-order valence-electron chi connectivity index (χ2n) is 13.5. The molecule has 0 aromatic carbocycles. The Kier molecular flexibility index (Phi) is 6.54. The molecule has 34 heavy (non-hydrogen) atoms. The van der Waals surface area contributed by atoms with Gasteiger partial charge in [-0.05, 0) is 99.2 Å². The Hall–Kier alpha value is -1.35. The average molecular weight is 469 g/mol. The molecule has 0 bridgehead atoms.